The minimum absolute atomic E-state index is 0.0126. The van der Waals surface area contributed by atoms with Crippen molar-refractivity contribution >= 4 is 29.4 Å². The number of rotatable bonds is 5. The second-order valence-corrected chi connectivity index (χ2v) is 5.82. The lowest BCUT2D eigenvalue weighted by Crippen LogP contribution is -2.48. The average molecular weight is 250 g/mol. The summed E-state index contributed by atoms with van der Waals surface area (Å²) in [5, 5.41) is 15.7. The van der Waals surface area contributed by atoms with Crippen molar-refractivity contribution in [2.24, 2.45) is 0 Å². The summed E-state index contributed by atoms with van der Waals surface area (Å²) in [6.07, 6.45) is 1.94. The first-order chi connectivity index (χ1) is 7.05. The van der Waals surface area contributed by atoms with E-state index in [9.17, 15) is 9.90 Å². The molecule has 1 amide bonds. The van der Waals surface area contributed by atoms with Gasteiger partial charge in [-0.1, -0.05) is 0 Å². The number of amides is 1. The Kier molecular flexibility index (Phi) is 5.25. The second-order valence-electron chi connectivity index (χ2n) is 3.92. The molecule has 0 saturated carbocycles. The maximum Gasteiger partial charge on any atom is 0.238 e. The minimum atomic E-state index is -0.819. The molecule has 6 heteroatoms. The number of carbonyl (C=O) groups excluding carboxylic acids is 1. The quantitative estimate of drug-likeness (QED) is 0.635. The van der Waals surface area contributed by atoms with Gasteiger partial charge in [-0.3, -0.25) is 10.1 Å². The highest BCUT2D eigenvalue weighted by atomic mass is 32.2. The van der Waals surface area contributed by atoms with E-state index in [4.69, 9.17) is 0 Å². The van der Waals surface area contributed by atoms with Crippen LogP contribution in [-0.4, -0.2) is 52.8 Å². The van der Waals surface area contributed by atoms with Crippen molar-refractivity contribution in [2.45, 2.75) is 18.6 Å². The zero-order valence-corrected chi connectivity index (χ0v) is 10.7. The fourth-order valence-electron chi connectivity index (χ4n) is 1.33. The van der Waals surface area contributed by atoms with Crippen LogP contribution in [0.4, 0.5) is 0 Å². The van der Waals surface area contributed by atoms with Crippen molar-refractivity contribution in [1.29, 1.82) is 0 Å². The van der Waals surface area contributed by atoms with Gasteiger partial charge in [-0.05, 0) is 13.2 Å². The number of nitrogens with one attached hydrogen (secondary N) is 2. The Labute approximate surface area is 99.0 Å². The highest BCUT2D eigenvalue weighted by Gasteiger charge is 2.25. The Morgan fingerprint density at radius 3 is 3.07 bits per heavy atom. The summed E-state index contributed by atoms with van der Waals surface area (Å²) in [6, 6.07) is -0.0971. The summed E-state index contributed by atoms with van der Waals surface area (Å²) in [5.41, 5.74) is -0.819. The van der Waals surface area contributed by atoms with E-state index < -0.39 is 5.60 Å². The lowest BCUT2D eigenvalue weighted by atomic mass is 10.1. The van der Waals surface area contributed by atoms with Crippen LogP contribution in [0.25, 0.3) is 0 Å². The molecule has 0 aromatic rings. The summed E-state index contributed by atoms with van der Waals surface area (Å²) in [6.45, 7) is 2.05. The van der Waals surface area contributed by atoms with E-state index in [-0.39, 0.29) is 11.9 Å². The Morgan fingerprint density at radius 2 is 2.53 bits per heavy atom. The SMILES string of the molecule is CSCC(C)(O)CNC(=O)C1CSCN1. The Morgan fingerprint density at radius 1 is 1.80 bits per heavy atom. The van der Waals surface area contributed by atoms with Crippen LogP contribution in [0, 0.1) is 0 Å². The van der Waals surface area contributed by atoms with Crippen LogP contribution >= 0.6 is 23.5 Å². The Balaban J connectivity index is 2.26. The smallest absolute Gasteiger partial charge is 0.238 e. The molecule has 88 valence electrons. The molecule has 0 aliphatic carbocycles. The predicted molar refractivity (Wildman–Crippen MR) is 66.3 cm³/mol. The van der Waals surface area contributed by atoms with Gasteiger partial charge in [0.05, 0.1) is 11.6 Å². The van der Waals surface area contributed by atoms with Gasteiger partial charge in [-0.2, -0.15) is 11.8 Å². The zero-order valence-electron chi connectivity index (χ0n) is 9.08. The molecule has 3 N–H and O–H groups in total. The highest BCUT2D eigenvalue weighted by molar-refractivity contribution is 7.99. The number of hydrogen-bond donors (Lipinski definition) is 3. The fourth-order valence-corrected chi connectivity index (χ4v) is 2.99. The van der Waals surface area contributed by atoms with Gasteiger partial charge in [0, 0.05) is 23.9 Å². The molecular weight excluding hydrogens is 232 g/mol. The molecule has 1 rings (SSSR count). The molecule has 0 spiro atoms. The van der Waals surface area contributed by atoms with Crippen molar-refractivity contribution in [2.75, 3.05) is 30.2 Å². The molecule has 0 aromatic heterocycles. The molecule has 0 bridgehead atoms. The van der Waals surface area contributed by atoms with Crippen LogP contribution in [0.2, 0.25) is 0 Å². The molecule has 2 unspecified atom stereocenters. The molecular formula is C9H18N2O2S2. The van der Waals surface area contributed by atoms with E-state index in [0.29, 0.717) is 12.3 Å². The monoisotopic (exact) mass is 250 g/mol. The Hall–Kier alpha value is 0.0900. The van der Waals surface area contributed by atoms with E-state index in [1.54, 1.807) is 30.4 Å². The van der Waals surface area contributed by atoms with E-state index in [1.807, 2.05) is 6.26 Å². The molecule has 1 fully saturated rings. The summed E-state index contributed by atoms with van der Waals surface area (Å²) >= 11 is 3.29. The van der Waals surface area contributed by atoms with Gasteiger partial charge in [0.1, 0.15) is 0 Å². The van der Waals surface area contributed by atoms with Crippen molar-refractivity contribution < 1.29 is 9.90 Å². The van der Waals surface area contributed by atoms with E-state index in [0.717, 1.165) is 11.6 Å². The standard InChI is InChI=1S/C9H18N2O2S2/c1-9(13,5-14-2)4-10-8(12)7-3-15-6-11-7/h7,11,13H,3-6H2,1-2H3,(H,10,12). The van der Waals surface area contributed by atoms with E-state index in [1.165, 1.54) is 0 Å². The third-order valence-electron chi connectivity index (χ3n) is 2.13. The van der Waals surface area contributed by atoms with Gasteiger partial charge in [0.25, 0.3) is 0 Å². The van der Waals surface area contributed by atoms with E-state index >= 15 is 0 Å². The van der Waals surface area contributed by atoms with Crippen molar-refractivity contribution in [3.8, 4) is 0 Å². The lowest BCUT2D eigenvalue weighted by molar-refractivity contribution is -0.123. The topological polar surface area (TPSA) is 61.4 Å². The number of thioether (sulfide) groups is 2. The fraction of sp³-hybridized carbons (Fsp3) is 0.889. The van der Waals surface area contributed by atoms with Gasteiger partial charge in [0.2, 0.25) is 5.91 Å². The summed E-state index contributed by atoms with van der Waals surface area (Å²) in [4.78, 5) is 11.6. The van der Waals surface area contributed by atoms with Crippen LogP contribution in [-0.2, 0) is 4.79 Å². The molecule has 1 aliphatic rings. The van der Waals surface area contributed by atoms with Crippen LogP contribution in [0.5, 0.6) is 0 Å². The second kappa shape index (κ2) is 5.98. The largest absolute Gasteiger partial charge is 0.387 e. The first kappa shape index (κ1) is 13.2. The number of carbonyl (C=O) groups is 1. The first-order valence-electron chi connectivity index (χ1n) is 4.85. The maximum absolute atomic E-state index is 11.6. The summed E-state index contributed by atoms with van der Waals surface area (Å²) < 4.78 is 0. The van der Waals surface area contributed by atoms with Gasteiger partial charge in [-0.25, -0.2) is 0 Å². The zero-order chi connectivity index (χ0) is 11.3. The summed E-state index contributed by atoms with van der Waals surface area (Å²) in [5.74, 6) is 2.26. The van der Waals surface area contributed by atoms with Gasteiger partial charge in [-0.15, -0.1) is 11.8 Å². The van der Waals surface area contributed by atoms with Crippen LogP contribution < -0.4 is 10.6 Å². The molecule has 1 saturated heterocycles. The molecule has 4 nitrogen and oxygen atoms in total. The number of hydrogen-bond acceptors (Lipinski definition) is 5. The van der Waals surface area contributed by atoms with Gasteiger partial charge >= 0.3 is 0 Å². The van der Waals surface area contributed by atoms with Crippen molar-refractivity contribution in [1.82, 2.24) is 10.6 Å². The lowest BCUT2D eigenvalue weighted by Gasteiger charge is -2.23. The molecule has 15 heavy (non-hydrogen) atoms. The third kappa shape index (κ3) is 4.63. The average Bonchev–Trinajstić information content (AvgIpc) is 2.67. The van der Waals surface area contributed by atoms with Crippen molar-refractivity contribution in [3.05, 3.63) is 0 Å². The molecule has 2 atom stereocenters. The normalized spacial score (nSPS) is 24.9. The van der Waals surface area contributed by atoms with Crippen LogP contribution in [0.1, 0.15) is 6.92 Å². The maximum atomic E-state index is 11.6. The van der Waals surface area contributed by atoms with Crippen molar-refractivity contribution in [3.63, 3.8) is 0 Å². The van der Waals surface area contributed by atoms with Crippen LogP contribution in [0.15, 0.2) is 0 Å². The third-order valence-corrected chi connectivity index (χ3v) is 3.98. The molecule has 1 aliphatic heterocycles. The van der Waals surface area contributed by atoms with Gasteiger partial charge < -0.3 is 10.4 Å². The molecule has 0 aromatic carbocycles. The highest BCUT2D eigenvalue weighted by Crippen LogP contribution is 2.11. The minimum Gasteiger partial charge on any atom is -0.387 e. The van der Waals surface area contributed by atoms with E-state index in [2.05, 4.69) is 10.6 Å². The van der Waals surface area contributed by atoms with Crippen LogP contribution in [0.3, 0.4) is 0 Å². The van der Waals surface area contributed by atoms with Gasteiger partial charge in [0.15, 0.2) is 0 Å². The molecule has 0 radical (unpaired) electrons. The first-order valence-corrected chi connectivity index (χ1v) is 7.40. The Bertz CT molecular complexity index is 218. The number of aliphatic hydroxyl groups is 1. The summed E-state index contributed by atoms with van der Waals surface area (Å²) in [7, 11) is 0. The molecule has 1 heterocycles. The predicted octanol–water partition coefficient (Wildman–Crippen LogP) is -0.121.